The van der Waals surface area contributed by atoms with Crippen molar-refractivity contribution in [2.24, 2.45) is 56.2 Å². The van der Waals surface area contributed by atoms with Crippen molar-refractivity contribution in [1.29, 1.82) is 0 Å². The Balaban J connectivity index is 0.000000147. The lowest BCUT2D eigenvalue weighted by molar-refractivity contribution is -0.163. The quantitative estimate of drug-likeness (QED) is 0.304. The van der Waals surface area contributed by atoms with Crippen molar-refractivity contribution in [1.82, 2.24) is 0 Å². The summed E-state index contributed by atoms with van der Waals surface area (Å²) in [5.74, 6) is 4.16. The third-order valence-electron chi connectivity index (χ3n) is 23.6. The van der Waals surface area contributed by atoms with E-state index >= 15 is 0 Å². The van der Waals surface area contributed by atoms with E-state index in [-0.39, 0.29) is 33.2 Å². The number of aromatic hydroxyl groups is 1. The van der Waals surface area contributed by atoms with E-state index in [1.807, 2.05) is 0 Å². The Labute approximate surface area is 341 Å². The summed E-state index contributed by atoms with van der Waals surface area (Å²) in [6.45, 7) is 25.4. The summed E-state index contributed by atoms with van der Waals surface area (Å²) in [5.41, 5.74) is 11.5. The van der Waals surface area contributed by atoms with Crippen LogP contribution < -0.4 is 0 Å². The van der Waals surface area contributed by atoms with E-state index in [1.165, 1.54) is 100 Å². The average molecular weight is 759 g/mol. The number of aliphatic hydroxyl groups excluding tert-OH is 1. The number of aliphatic hydroxyl groups is 1. The molecule has 10 atom stereocenters. The first kappa shape index (κ1) is 38.4. The molecule has 0 aromatic heterocycles. The summed E-state index contributed by atoms with van der Waals surface area (Å²) < 4.78 is 0. The van der Waals surface area contributed by atoms with Crippen LogP contribution in [0.1, 0.15) is 198 Å². The lowest BCUT2D eigenvalue weighted by atomic mass is 9.36. The molecule has 0 spiro atoms. The first-order chi connectivity index (χ1) is 26.2. The van der Waals surface area contributed by atoms with Gasteiger partial charge in [-0.15, -0.1) is 0 Å². The molecule has 10 aliphatic carbocycles. The highest BCUT2D eigenvalue weighted by Gasteiger charge is 2.71. The van der Waals surface area contributed by atoms with Gasteiger partial charge in [-0.2, -0.15) is 0 Å². The Morgan fingerprint density at radius 2 is 1.05 bits per heavy atom. The third kappa shape index (κ3) is 4.41. The van der Waals surface area contributed by atoms with Gasteiger partial charge in [0, 0.05) is 5.56 Å². The van der Waals surface area contributed by atoms with Crippen LogP contribution in [-0.4, -0.2) is 16.3 Å². The van der Waals surface area contributed by atoms with Gasteiger partial charge in [-0.3, -0.25) is 0 Å². The second-order valence-electron chi connectivity index (χ2n) is 24.7. The molecule has 4 bridgehead atoms. The zero-order chi connectivity index (χ0) is 39.7. The van der Waals surface area contributed by atoms with Crippen LogP contribution in [0.5, 0.6) is 5.75 Å². The van der Waals surface area contributed by atoms with Crippen LogP contribution in [0.4, 0.5) is 0 Å². The van der Waals surface area contributed by atoms with Crippen molar-refractivity contribution in [3.8, 4) is 5.75 Å². The molecule has 56 heavy (non-hydrogen) atoms. The molecule has 12 rings (SSSR count). The minimum Gasteiger partial charge on any atom is -0.508 e. The Morgan fingerprint density at radius 1 is 0.536 bits per heavy atom. The van der Waals surface area contributed by atoms with Crippen molar-refractivity contribution in [3.63, 3.8) is 0 Å². The standard InChI is InChI=1S/C31H44O2.C23H34/c1-27-9-10-28(2)26(33)6-8-30(28,4)29(27,3)7-5-22-14-25(32)24(15-23(22)27)31-16-19-11-20(17-31)13-21(12-19)18-31;1-16-7-8-19-18(15-16)10-12-23(6)21(19,4)14-13-20(3)17(2)9-11-22(20,23)5/h14-15,19-21,26,32-33H,5-13,16-18H2,1-4H3;7-8,15,17H,9-14H2,1-6H3/t19?,20?,21?,26-,27-,28+,29+,30-,31?;17-,20+,21+,22+,23+/m00/s1. The maximum absolute atomic E-state index is 11.4. The molecule has 2 nitrogen and oxygen atoms in total. The molecule has 0 radical (unpaired) electrons. The number of rotatable bonds is 1. The molecule has 0 aliphatic heterocycles. The zero-order valence-electron chi connectivity index (χ0n) is 37.4. The van der Waals surface area contributed by atoms with E-state index in [0.29, 0.717) is 27.4 Å². The van der Waals surface area contributed by atoms with Crippen LogP contribution in [0.15, 0.2) is 30.3 Å². The van der Waals surface area contributed by atoms with Gasteiger partial charge in [-0.1, -0.05) is 92.1 Å². The first-order valence-corrected chi connectivity index (χ1v) is 23.9. The predicted octanol–water partition coefficient (Wildman–Crippen LogP) is 13.5. The van der Waals surface area contributed by atoms with Gasteiger partial charge >= 0.3 is 0 Å². The SMILES string of the molecule is C[C@@]12CCc3cc(O)c(C45CC6CC(CC(C6)C4)C5)cc3[C@]1(C)CC[C@]1(C)[C@@H](O)CC[C@]21C.Cc1ccc2c(c1)CC[C@@]1(C)[C@]3(C)CC[C@H](C)[C@@]3(C)CC[C@]21C. The Hall–Kier alpha value is -1.80. The van der Waals surface area contributed by atoms with E-state index in [0.717, 1.165) is 55.8 Å². The fraction of sp³-hybridized carbons (Fsp3) is 0.778. The largest absolute Gasteiger partial charge is 0.508 e. The zero-order valence-corrected chi connectivity index (χ0v) is 37.4. The van der Waals surface area contributed by atoms with Crippen LogP contribution in [0.3, 0.4) is 0 Å². The normalized spacial score (nSPS) is 51.8. The maximum Gasteiger partial charge on any atom is 0.119 e. The summed E-state index contributed by atoms with van der Waals surface area (Å²) in [4.78, 5) is 0. The Kier molecular flexibility index (Phi) is 8.04. The van der Waals surface area contributed by atoms with Gasteiger partial charge in [0.1, 0.15) is 5.75 Å². The number of phenols is 1. The van der Waals surface area contributed by atoms with Gasteiger partial charge < -0.3 is 10.2 Å². The predicted molar refractivity (Wildman–Crippen MR) is 231 cm³/mol. The van der Waals surface area contributed by atoms with Crippen molar-refractivity contribution in [3.05, 3.63) is 63.7 Å². The van der Waals surface area contributed by atoms with Crippen LogP contribution >= 0.6 is 0 Å². The molecule has 0 heterocycles. The summed E-state index contributed by atoms with van der Waals surface area (Å²) in [6, 6.07) is 12.0. The second kappa shape index (κ2) is 11.7. The highest BCUT2D eigenvalue weighted by atomic mass is 16.3. The molecule has 8 fully saturated rings. The van der Waals surface area contributed by atoms with Crippen LogP contribution in [0, 0.1) is 63.1 Å². The molecular formula is C54H78O2. The average Bonchev–Trinajstić information content (AvgIpc) is 3.54. The molecule has 0 unspecified atom stereocenters. The van der Waals surface area contributed by atoms with E-state index in [9.17, 15) is 10.2 Å². The van der Waals surface area contributed by atoms with Crippen molar-refractivity contribution in [2.45, 2.75) is 207 Å². The smallest absolute Gasteiger partial charge is 0.119 e. The summed E-state index contributed by atoms with van der Waals surface area (Å²) in [5, 5.41) is 22.5. The molecule has 2 aromatic rings. The van der Waals surface area contributed by atoms with Crippen molar-refractivity contribution < 1.29 is 10.2 Å². The number of fused-ring (bicyclic) bond motifs is 10. The molecule has 306 valence electrons. The van der Waals surface area contributed by atoms with E-state index in [2.05, 4.69) is 99.6 Å². The molecule has 2 aromatic carbocycles. The van der Waals surface area contributed by atoms with E-state index in [1.54, 1.807) is 16.7 Å². The van der Waals surface area contributed by atoms with Crippen LogP contribution in [0.2, 0.25) is 0 Å². The van der Waals surface area contributed by atoms with Crippen molar-refractivity contribution >= 4 is 0 Å². The Bertz CT molecular complexity index is 1920. The fourth-order valence-corrected chi connectivity index (χ4v) is 19.0. The van der Waals surface area contributed by atoms with Gasteiger partial charge in [-0.05, 0) is 223 Å². The lowest BCUT2D eigenvalue weighted by Crippen LogP contribution is -2.63. The second-order valence-corrected chi connectivity index (χ2v) is 24.7. The topological polar surface area (TPSA) is 40.5 Å². The number of hydrogen-bond donors (Lipinski definition) is 2. The highest BCUT2D eigenvalue weighted by Crippen LogP contribution is 2.77. The minimum atomic E-state index is -0.160. The molecule has 2 heteroatoms. The number of phenolic OH excluding ortho intramolecular Hbond substituents is 1. The van der Waals surface area contributed by atoms with Gasteiger partial charge in [0.05, 0.1) is 6.10 Å². The molecular weight excluding hydrogens is 681 g/mol. The number of hydrogen-bond acceptors (Lipinski definition) is 2. The van der Waals surface area contributed by atoms with Gasteiger partial charge in [-0.25, -0.2) is 0 Å². The summed E-state index contributed by atoms with van der Waals surface area (Å²) in [6.07, 6.45) is 23.0. The molecule has 0 amide bonds. The number of benzene rings is 2. The van der Waals surface area contributed by atoms with E-state index in [4.69, 9.17) is 0 Å². The molecule has 2 N–H and O–H groups in total. The van der Waals surface area contributed by atoms with Gasteiger partial charge in [0.15, 0.2) is 0 Å². The van der Waals surface area contributed by atoms with Gasteiger partial charge in [0.25, 0.3) is 0 Å². The maximum atomic E-state index is 11.4. The van der Waals surface area contributed by atoms with Crippen LogP contribution in [-0.2, 0) is 29.1 Å². The minimum absolute atomic E-state index is 0.0262. The van der Waals surface area contributed by atoms with Crippen molar-refractivity contribution in [2.75, 3.05) is 0 Å². The summed E-state index contributed by atoms with van der Waals surface area (Å²) >= 11 is 0. The monoisotopic (exact) mass is 759 g/mol. The third-order valence-corrected chi connectivity index (χ3v) is 23.6. The van der Waals surface area contributed by atoms with Crippen LogP contribution in [0.25, 0.3) is 0 Å². The molecule has 8 saturated carbocycles. The number of aryl methyl sites for hydroxylation is 3. The highest BCUT2D eigenvalue weighted by molar-refractivity contribution is 5.53. The Morgan fingerprint density at radius 3 is 1.66 bits per heavy atom. The lowest BCUT2D eigenvalue weighted by Gasteiger charge is -2.68. The summed E-state index contributed by atoms with van der Waals surface area (Å²) in [7, 11) is 0. The molecule has 10 aliphatic rings. The van der Waals surface area contributed by atoms with E-state index < -0.39 is 0 Å². The fourth-order valence-electron chi connectivity index (χ4n) is 19.0. The van der Waals surface area contributed by atoms with Gasteiger partial charge in [0.2, 0.25) is 0 Å². The molecule has 0 saturated heterocycles. The first-order valence-electron chi connectivity index (χ1n) is 23.9.